The van der Waals surface area contributed by atoms with Gasteiger partial charge in [0.1, 0.15) is 17.3 Å². The summed E-state index contributed by atoms with van der Waals surface area (Å²) in [7, 11) is -6.53. The number of fused-ring (bicyclic) bond motifs is 5. The summed E-state index contributed by atoms with van der Waals surface area (Å²) in [4.78, 5) is 50.5. The molecule has 9 atom stereocenters. The summed E-state index contributed by atoms with van der Waals surface area (Å²) in [5, 5.41) is -5.80. The predicted molar refractivity (Wildman–Crippen MR) is 123 cm³/mol. The molecule has 4 fully saturated rings. The van der Waals surface area contributed by atoms with Crippen LogP contribution in [0.5, 0.6) is 0 Å². The fourth-order valence-electron chi connectivity index (χ4n) is 7.79. The van der Waals surface area contributed by atoms with Crippen molar-refractivity contribution in [1.29, 1.82) is 0 Å². The van der Waals surface area contributed by atoms with Crippen LogP contribution in [0.25, 0.3) is 0 Å². The van der Waals surface area contributed by atoms with Crippen LogP contribution in [0.3, 0.4) is 0 Å². The number of rotatable bonds is 7. The molecule has 0 aliphatic heterocycles. The Morgan fingerprint density at radius 3 is 2.21 bits per heavy atom. The van der Waals surface area contributed by atoms with Crippen LogP contribution >= 0.6 is 0 Å². The largest absolute Gasteiger partial charge is 0.445 e. The maximum absolute atomic E-state index is 13.7. The van der Waals surface area contributed by atoms with Crippen molar-refractivity contribution < 1.29 is 58.8 Å². The molecule has 0 aromatic rings. The van der Waals surface area contributed by atoms with Gasteiger partial charge in [-0.05, 0) is 61.2 Å². The minimum Gasteiger partial charge on any atom is -0.445 e. The summed E-state index contributed by atoms with van der Waals surface area (Å²) in [6.07, 6.45) is -8.07. The maximum Gasteiger partial charge on any atom is 0.432 e. The molecule has 0 aromatic carbocycles. The van der Waals surface area contributed by atoms with Gasteiger partial charge < -0.3 is 4.74 Å². The Balaban J connectivity index is 1.41. The molecule has 220 valence electrons. The molecular weight excluding hydrogens is 555 g/mol. The summed E-state index contributed by atoms with van der Waals surface area (Å²) in [5.41, 5.74) is 0. The van der Waals surface area contributed by atoms with Crippen molar-refractivity contribution in [1.82, 2.24) is 0 Å². The van der Waals surface area contributed by atoms with Crippen LogP contribution in [0.4, 0.5) is 22.0 Å². The Hall–Kier alpha value is -1.96. The highest BCUT2D eigenvalue weighted by Crippen LogP contribution is 2.58. The summed E-state index contributed by atoms with van der Waals surface area (Å²) >= 11 is 0. The SMILES string of the molecule is CC(CCC(=O)OC(C(F)(F)F)C(F)(F)S(=O)(=O)O)[C@@H]1CC[C@H]2[C@H]3C(=O)C[C@H]4CC(=O)CC[C@H]4[C@H]3CC(=O)[C@H]21. The zero-order valence-corrected chi connectivity index (χ0v) is 22.0. The number of ketones is 3. The second-order valence-electron chi connectivity index (χ2n) is 11.6. The zero-order chi connectivity index (χ0) is 29.1. The Morgan fingerprint density at radius 1 is 0.949 bits per heavy atom. The molecule has 0 amide bonds. The van der Waals surface area contributed by atoms with Gasteiger partial charge in [0.15, 0.2) is 0 Å². The standard InChI is InChI=1S/C25H31F5O8S/c1-11(2-7-20(34)38-23(24(26,27)28)25(29,30)39(35,36)37)14-5-6-16-21(14)19(33)10-17-15-4-3-13(31)8-12(15)9-18(32)22(16)17/h11-12,14-17,21-23H,2-10H2,1H3,(H,35,36,37)/t11?,12-,14+,15-,16-,17-,21+,22-,23?/m1/s1. The van der Waals surface area contributed by atoms with Crippen molar-refractivity contribution in [3.8, 4) is 0 Å². The van der Waals surface area contributed by atoms with Gasteiger partial charge in [-0.3, -0.25) is 23.7 Å². The number of esters is 1. The van der Waals surface area contributed by atoms with E-state index in [4.69, 9.17) is 4.55 Å². The molecule has 1 N–H and O–H groups in total. The fourth-order valence-corrected chi connectivity index (χ4v) is 8.24. The van der Waals surface area contributed by atoms with Crippen LogP contribution in [0.1, 0.15) is 64.7 Å². The van der Waals surface area contributed by atoms with E-state index in [1.54, 1.807) is 6.92 Å². The number of Topliss-reactive ketones (excluding diaryl/α,β-unsaturated/α-hetero) is 3. The van der Waals surface area contributed by atoms with E-state index >= 15 is 0 Å². The van der Waals surface area contributed by atoms with E-state index in [0.29, 0.717) is 38.5 Å². The monoisotopic (exact) mass is 586 g/mol. The van der Waals surface area contributed by atoms with E-state index in [1.165, 1.54) is 0 Å². The average molecular weight is 587 g/mol. The number of hydrogen-bond acceptors (Lipinski definition) is 7. The molecule has 0 spiro atoms. The highest BCUT2D eigenvalue weighted by atomic mass is 32.2. The second kappa shape index (κ2) is 10.5. The van der Waals surface area contributed by atoms with Crippen LogP contribution in [0, 0.1) is 47.3 Å². The van der Waals surface area contributed by atoms with Gasteiger partial charge in [-0.2, -0.15) is 30.4 Å². The number of halogens is 5. The lowest BCUT2D eigenvalue weighted by Gasteiger charge is -2.50. The van der Waals surface area contributed by atoms with Crippen molar-refractivity contribution >= 4 is 33.4 Å². The molecule has 8 nitrogen and oxygen atoms in total. The van der Waals surface area contributed by atoms with E-state index in [0.717, 1.165) is 0 Å². The minimum atomic E-state index is -6.53. The molecule has 0 bridgehead atoms. The van der Waals surface area contributed by atoms with Gasteiger partial charge in [-0.1, -0.05) is 6.92 Å². The van der Waals surface area contributed by atoms with E-state index in [-0.39, 0.29) is 65.7 Å². The van der Waals surface area contributed by atoms with Crippen molar-refractivity contribution in [2.75, 3.05) is 0 Å². The highest BCUT2D eigenvalue weighted by Gasteiger charge is 2.66. The molecule has 2 unspecified atom stereocenters. The molecule has 4 aliphatic carbocycles. The van der Waals surface area contributed by atoms with E-state index in [1.807, 2.05) is 0 Å². The van der Waals surface area contributed by atoms with Crippen LogP contribution in [0.2, 0.25) is 0 Å². The van der Waals surface area contributed by atoms with Crippen LogP contribution < -0.4 is 0 Å². The Labute approximate surface area is 222 Å². The predicted octanol–water partition coefficient (Wildman–Crippen LogP) is 4.16. The number of carbonyl (C=O) groups is 4. The van der Waals surface area contributed by atoms with Crippen molar-refractivity contribution in [3.63, 3.8) is 0 Å². The van der Waals surface area contributed by atoms with Gasteiger partial charge in [0.25, 0.3) is 6.10 Å². The van der Waals surface area contributed by atoms with Crippen LogP contribution in [-0.2, 0) is 34.0 Å². The normalized spacial score (nSPS) is 35.1. The minimum absolute atomic E-state index is 0.00606. The molecule has 4 saturated carbocycles. The maximum atomic E-state index is 13.7. The lowest BCUT2D eigenvalue weighted by molar-refractivity contribution is -0.259. The summed E-state index contributed by atoms with van der Waals surface area (Å²) < 4.78 is 100. The number of carbonyl (C=O) groups excluding carboxylic acids is 4. The molecule has 4 rings (SSSR count). The first kappa shape index (κ1) is 30.0. The van der Waals surface area contributed by atoms with Gasteiger partial charge in [-0.25, -0.2) is 0 Å². The molecule has 0 radical (unpaired) electrons. The lowest BCUT2D eigenvalue weighted by atomic mass is 9.52. The van der Waals surface area contributed by atoms with Gasteiger partial charge in [0.05, 0.1) is 0 Å². The third kappa shape index (κ3) is 5.64. The number of ether oxygens (including phenoxy) is 1. The van der Waals surface area contributed by atoms with Gasteiger partial charge in [0.2, 0.25) is 0 Å². The van der Waals surface area contributed by atoms with Crippen LogP contribution in [0.15, 0.2) is 0 Å². The average Bonchev–Trinajstić information content (AvgIpc) is 3.25. The number of hydrogen-bond donors (Lipinski definition) is 1. The second-order valence-corrected chi connectivity index (χ2v) is 13.1. The van der Waals surface area contributed by atoms with E-state index < -0.39 is 51.9 Å². The first-order valence-corrected chi connectivity index (χ1v) is 14.6. The molecule has 14 heteroatoms. The molecular formula is C25H31F5O8S. The first-order chi connectivity index (χ1) is 17.9. The quantitative estimate of drug-likeness (QED) is 0.267. The molecule has 4 aliphatic rings. The Bertz CT molecular complexity index is 1140. The van der Waals surface area contributed by atoms with E-state index in [9.17, 15) is 49.5 Å². The zero-order valence-electron chi connectivity index (χ0n) is 21.2. The highest BCUT2D eigenvalue weighted by molar-refractivity contribution is 7.86. The van der Waals surface area contributed by atoms with Gasteiger partial charge in [0, 0.05) is 43.9 Å². The molecule has 0 saturated heterocycles. The van der Waals surface area contributed by atoms with Crippen molar-refractivity contribution in [2.45, 2.75) is 82.2 Å². The first-order valence-electron chi connectivity index (χ1n) is 13.1. The smallest absolute Gasteiger partial charge is 0.432 e. The van der Waals surface area contributed by atoms with Crippen molar-refractivity contribution in [3.05, 3.63) is 0 Å². The molecule has 0 aromatic heterocycles. The number of alkyl halides is 5. The molecule has 0 heterocycles. The van der Waals surface area contributed by atoms with Crippen molar-refractivity contribution in [2.24, 2.45) is 47.3 Å². The summed E-state index contributed by atoms with van der Waals surface area (Å²) in [6, 6.07) is 0. The van der Waals surface area contributed by atoms with Gasteiger partial charge in [-0.15, -0.1) is 0 Å². The lowest BCUT2D eigenvalue weighted by Crippen LogP contribution is -2.52. The van der Waals surface area contributed by atoms with Gasteiger partial charge >= 0.3 is 27.5 Å². The topological polar surface area (TPSA) is 132 Å². The third-order valence-corrected chi connectivity index (χ3v) is 10.4. The van der Waals surface area contributed by atoms with Crippen LogP contribution in [-0.4, -0.2) is 53.8 Å². The summed E-state index contributed by atoms with van der Waals surface area (Å²) in [6.45, 7) is 1.68. The third-order valence-electron chi connectivity index (χ3n) is 9.45. The fraction of sp³-hybridized carbons (Fsp3) is 0.840. The molecule has 39 heavy (non-hydrogen) atoms. The summed E-state index contributed by atoms with van der Waals surface area (Å²) in [5.74, 6) is -3.14. The van der Waals surface area contributed by atoms with E-state index in [2.05, 4.69) is 4.74 Å². The Morgan fingerprint density at radius 2 is 1.59 bits per heavy atom. The Kier molecular flexibility index (Phi) is 8.05.